The van der Waals surface area contributed by atoms with Crippen molar-refractivity contribution in [3.8, 4) is 11.5 Å². The maximum Gasteiger partial charge on any atom is 0.308 e. The van der Waals surface area contributed by atoms with Gasteiger partial charge in [0.15, 0.2) is 0 Å². The first-order valence-electron chi connectivity index (χ1n) is 16.5. The van der Waals surface area contributed by atoms with Crippen molar-refractivity contribution in [1.82, 2.24) is 9.80 Å². The second-order valence-corrected chi connectivity index (χ2v) is 13.6. The van der Waals surface area contributed by atoms with Crippen LogP contribution < -0.4 is 9.47 Å². The predicted molar refractivity (Wildman–Crippen MR) is 174 cm³/mol. The van der Waals surface area contributed by atoms with E-state index in [1.165, 1.54) is 0 Å². The zero-order valence-corrected chi connectivity index (χ0v) is 27.6. The van der Waals surface area contributed by atoms with Gasteiger partial charge in [-0.1, -0.05) is 43.7 Å². The first-order chi connectivity index (χ1) is 21.1. The average Bonchev–Trinajstić information content (AvgIpc) is 3.60. The number of aryl methyl sites for hydroxylation is 1. The van der Waals surface area contributed by atoms with Crippen LogP contribution in [-0.2, 0) is 22.4 Å². The van der Waals surface area contributed by atoms with Crippen molar-refractivity contribution in [2.24, 2.45) is 5.92 Å². The van der Waals surface area contributed by atoms with Crippen LogP contribution in [-0.4, -0.2) is 105 Å². The lowest BCUT2D eigenvalue weighted by molar-refractivity contribution is -0.870. The Balaban J connectivity index is 1.53. The third-order valence-electron chi connectivity index (χ3n) is 9.29. The Labute approximate surface area is 264 Å². The molecule has 0 spiro atoms. The lowest BCUT2D eigenvalue weighted by Crippen LogP contribution is -2.45. The maximum atomic E-state index is 13.9. The summed E-state index contributed by atoms with van der Waals surface area (Å²) in [7, 11) is 8.28. The number of para-hydroxylation sites is 1. The highest BCUT2D eigenvalue weighted by atomic mass is 16.5. The molecule has 0 saturated carbocycles. The van der Waals surface area contributed by atoms with Crippen LogP contribution in [0.25, 0.3) is 0 Å². The Hall–Kier alpha value is -3.10. The molecule has 44 heavy (non-hydrogen) atoms. The molecule has 2 aromatic rings. The molecule has 8 heteroatoms. The van der Waals surface area contributed by atoms with E-state index in [9.17, 15) is 14.7 Å². The number of likely N-dealkylation sites (tertiary alicyclic amines) is 1. The molecule has 4 rings (SSSR count). The average molecular weight is 609 g/mol. The number of hydrogen-bond acceptors (Lipinski definition) is 5. The van der Waals surface area contributed by atoms with Crippen LogP contribution in [0.3, 0.4) is 0 Å². The molecule has 1 saturated heterocycles. The van der Waals surface area contributed by atoms with E-state index in [-0.39, 0.29) is 24.4 Å². The second-order valence-electron chi connectivity index (χ2n) is 13.6. The molecule has 0 radical (unpaired) electrons. The number of fused-ring (bicyclic) bond motifs is 1. The standard InChI is InChI=1S/C36H53N3O5/c1-6-7-20-37(21-10-11-22-39(2,3)4)34(40)26-38-25-30(28-17-18-33-29(24-28)19-23-44-33)35(36(41)42)31(38)15-12-14-27-13-8-9-16-32(27)43-5/h8-9,13,16-18,24,30-31,35H,6-7,10-12,14-15,19-23,25-26H2,1-5H3/p+1/t30-,31+,35?/m1/s1. The highest BCUT2D eigenvalue weighted by Crippen LogP contribution is 2.41. The molecular weight excluding hydrogens is 554 g/mol. The van der Waals surface area contributed by atoms with E-state index < -0.39 is 11.9 Å². The molecule has 1 amide bonds. The number of methoxy groups -OCH3 is 1. The highest BCUT2D eigenvalue weighted by molar-refractivity contribution is 5.79. The predicted octanol–water partition coefficient (Wildman–Crippen LogP) is 5.24. The summed E-state index contributed by atoms with van der Waals surface area (Å²) in [6.07, 6.45) is 7.21. The van der Waals surface area contributed by atoms with E-state index in [4.69, 9.17) is 9.47 Å². The van der Waals surface area contributed by atoms with Crippen molar-refractivity contribution >= 4 is 11.9 Å². The molecular formula is C36H54N3O5+. The number of rotatable bonds is 17. The molecule has 242 valence electrons. The van der Waals surface area contributed by atoms with Crippen LogP contribution >= 0.6 is 0 Å². The number of hydrogen-bond donors (Lipinski definition) is 1. The van der Waals surface area contributed by atoms with Crippen LogP contribution in [0.15, 0.2) is 42.5 Å². The molecule has 2 aliphatic heterocycles. The lowest BCUT2D eigenvalue weighted by Gasteiger charge is -2.30. The van der Waals surface area contributed by atoms with Gasteiger partial charge in [0.05, 0.1) is 53.9 Å². The Morgan fingerprint density at radius 3 is 2.57 bits per heavy atom. The van der Waals surface area contributed by atoms with E-state index in [1.807, 2.05) is 35.2 Å². The molecule has 0 bridgehead atoms. The number of carbonyl (C=O) groups excluding carboxylic acids is 1. The van der Waals surface area contributed by atoms with Crippen LogP contribution in [0.4, 0.5) is 0 Å². The highest BCUT2D eigenvalue weighted by Gasteiger charge is 2.47. The fourth-order valence-corrected chi connectivity index (χ4v) is 6.91. The Morgan fingerprint density at radius 1 is 1.07 bits per heavy atom. The molecule has 1 N–H and O–H groups in total. The quantitative estimate of drug-likeness (QED) is 0.196. The van der Waals surface area contributed by atoms with E-state index >= 15 is 0 Å². The molecule has 1 unspecified atom stereocenters. The molecule has 0 aliphatic carbocycles. The zero-order chi connectivity index (χ0) is 31.7. The fourth-order valence-electron chi connectivity index (χ4n) is 6.91. The van der Waals surface area contributed by atoms with Gasteiger partial charge >= 0.3 is 5.97 Å². The van der Waals surface area contributed by atoms with Crippen LogP contribution in [0, 0.1) is 5.92 Å². The molecule has 1 fully saturated rings. The third-order valence-corrected chi connectivity index (χ3v) is 9.29. The van der Waals surface area contributed by atoms with E-state index in [0.717, 1.165) is 97.3 Å². The Bertz CT molecular complexity index is 1240. The fraction of sp³-hybridized carbons (Fsp3) is 0.611. The van der Waals surface area contributed by atoms with Crippen molar-refractivity contribution in [3.63, 3.8) is 0 Å². The largest absolute Gasteiger partial charge is 0.496 e. The summed E-state index contributed by atoms with van der Waals surface area (Å²) in [5.41, 5.74) is 3.31. The van der Waals surface area contributed by atoms with Gasteiger partial charge < -0.3 is 24.0 Å². The molecule has 3 atom stereocenters. The van der Waals surface area contributed by atoms with Crippen molar-refractivity contribution in [1.29, 1.82) is 0 Å². The van der Waals surface area contributed by atoms with Crippen molar-refractivity contribution < 1.29 is 28.7 Å². The van der Waals surface area contributed by atoms with Gasteiger partial charge in [-0.3, -0.25) is 14.5 Å². The van der Waals surface area contributed by atoms with E-state index in [0.29, 0.717) is 19.6 Å². The number of carbonyl (C=O) groups is 2. The number of unbranched alkanes of at least 4 members (excludes halogenated alkanes) is 2. The number of carboxylic acids is 1. The molecule has 2 aromatic carbocycles. The summed E-state index contributed by atoms with van der Waals surface area (Å²) in [5.74, 6) is 0.315. The van der Waals surface area contributed by atoms with Gasteiger partial charge in [0.25, 0.3) is 0 Å². The normalized spacial score (nSPS) is 19.9. The number of aliphatic carboxylic acids is 1. The molecule has 2 aliphatic rings. The first-order valence-corrected chi connectivity index (χ1v) is 16.5. The number of benzene rings is 2. The Kier molecular flexibility index (Phi) is 12.1. The van der Waals surface area contributed by atoms with E-state index in [2.05, 4.69) is 45.1 Å². The van der Waals surface area contributed by atoms with Crippen LogP contribution in [0.5, 0.6) is 11.5 Å². The summed E-state index contributed by atoms with van der Waals surface area (Å²) in [6, 6.07) is 13.9. The molecule has 0 aromatic heterocycles. The minimum absolute atomic E-state index is 0.116. The van der Waals surface area contributed by atoms with Crippen molar-refractivity contribution in [2.45, 2.75) is 70.3 Å². The van der Waals surface area contributed by atoms with E-state index in [1.54, 1.807) is 7.11 Å². The molecule has 2 heterocycles. The van der Waals surface area contributed by atoms with Crippen LogP contribution in [0.2, 0.25) is 0 Å². The van der Waals surface area contributed by atoms with Gasteiger partial charge in [-0.2, -0.15) is 0 Å². The number of nitrogens with zero attached hydrogens (tertiary/aromatic N) is 3. The minimum atomic E-state index is -0.785. The number of quaternary nitrogens is 1. The second kappa shape index (κ2) is 15.8. The summed E-state index contributed by atoms with van der Waals surface area (Å²) in [5, 5.41) is 10.6. The maximum absolute atomic E-state index is 13.9. The smallest absolute Gasteiger partial charge is 0.308 e. The number of amides is 1. The monoisotopic (exact) mass is 608 g/mol. The van der Waals surface area contributed by atoms with Gasteiger partial charge in [0, 0.05) is 38.0 Å². The zero-order valence-electron chi connectivity index (χ0n) is 27.6. The third kappa shape index (κ3) is 8.98. The lowest BCUT2D eigenvalue weighted by atomic mass is 9.83. The SMILES string of the molecule is CCCCN(CCCC[N+](C)(C)C)C(=O)CN1C[C@H](c2ccc3c(c2)CCO3)C(C(=O)O)[C@@H]1CCCc1ccccc1OC. The summed E-state index contributed by atoms with van der Waals surface area (Å²) >= 11 is 0. The van der Waals surface area contributed by atoms with Crippen molar-refractivity contribution in [3.05, 3.63) is 59.2 Å². The van der Waals surface area contributed by atoms with Gasteiger partial charge in [0.2, 0.25) is 5.91 Å². The van der Waals surface area contributed by atoms with Crippen molar-refractivity contribution in [2.75, 3.05) is 67.6 Å². The summed E-state index contributed by atoms with van der Waals surface area (Å²) in [6.45, 7) is 6.22. The first kappa shape index (κ1) is 33.8. The van der Waals surface area contributed by atoms with Crippen LogP contribution in [0.1, 0.15) is 68.1 Å². The topological polar surface area (TPSA) is 79.3 Å². The minimum Gasteiger partial charge on any atom is -0.496 e. The summed E-state index contributed by atoms with van der Waals surface area (Å²) in [4.78, 5) is 31.1. The number of ether oxygens (including phenoxy) is 2. The van der Waals surface area contributed by atoms with Gasteiger partial charge in [0.1, 0.15) is 11.5 Å². The number of carboxylic acid groups (broad SMARTS) is 1. The van der Waals surface area contributed by atoms with Gasteiger partial charge in [-0.25, -0.2) is 0 Å². The Morgan fingerprint density at radius 2 is 1.84 bits per heavy atom. The molecule has 8 nitrogen and oxygen atoms in total. The summed E-state index contributed by atoms with van der Waals surface area (Å²) < 4.78 is 12.2. The van der Waals surface area contributed by atoms with Gasteiger partial charge in [-0.05, 0) is 67.3 Å². The van der Waals surface area contributed by atoms with Gasteiger partial charge in [-0.15, -0.1) is 0 Å².